The van der Waals surface area contributed by atoms with E-state index in [-0.39, 0.29) is 11.9 Å². The molecule has 0 radical (unpaired) electrons. The quantitative estimate of drug-likeness (QED) is 0.869. The minimum atomic E-state index is -0.0439. The highest BCUT2D eigenvalue weighted by Gasteiger charge is 2.23. The summed E-state index contributed by atoms with van der Waals surface area (Å²) in [5, 5.41) is 3.57. The third kappa shape index (κ3) is 3.70. The van der Waals surface area contributed by atoms with Gasteiger partial charge in [-0.15, -0.1) is 0 Å². The number of pyridine rings is 1. The minimum Gasteiger partial charge on any atom is -0.378 e. The average Bonchev–Trinajstić information content (AvgIpc) is 2.56. The number of amides is 1. The average molecular weight is 324 g/mol. The second-order valence-electron chi connectivity index (χ2n) is 5.91. The fraction of sp³-hybridized carbons (Fsp3) is 0.625. The number of aromatic nitrogens is 1. The number of carbonyl (C=O) groups excluding carboxylic acids is 1. The highest BCUT2D eigenvalue weighted by atomic mass is 35.5. The molecule has 1 saturated heterocycles. The number of nitrogens with one attached hydrogen (secondary N) is 1. The largest absolute Gasteiger partial charge is 0.378 e. The number of nitrogens with zero attached hydrogens (tertiary/aromatic N) is 2. The molecule has 120 valence electrons. The van der Waals surface area contributed by atoms with Crippen LogP contribution in [-0.2, 0) is 4.74 Å². The fourth-order valence-electron chi connectivity index (χ4n) is 3.13. The maximum Gasteiger partial charge on any atom is 0.255 e. The van der Waals surface area contributed by atoms with Crippen molar-refractivity contribution in [2.75, 3.05) is 31.2 Å². The highest BCUT2D eigenvalue weighted by molar-refractivity contribution is 6.29. The Morgan fingerprint density at radius 3 is 2.68 bits per heavy atom. The van der Waals surface area contributed by atoms with Gasteiger partial charge in [0.25, 0.3) is 5.91 Å². The second kappa shape index (κ2) is 7.29. The van der Waals surface area contributed by atoms with Gasteiger partial charge >= 0.3 is 0 Å². The number of anilines is 1. The molecule has 1 aliphatic heterocycles. The van der Waals surface area contributed by atoms with Crippen molar-refractivity contribution in [2.45, 2.75) is 38.1 Å². The van der Waals surface area contributed by atoms with Crippen molar-refractivity contribution in [1.29, 1.82) is 0 Å². The molecule has 0 bridgehead atoms. The maximum atomic E-state index is 12.6. The fourth-order valence-corrected chi connectivity index (χ4v) is 3.27. The van der Waals surface area contributed by atoms with E-state index in [9.17, 15) is 4.79 Å². The van der Waals surface area contributed by atoms with Crippen molar-refractivity contribution in [3.8, 4) is 0 Å². The van der Waals surface area contributed by atoms with Crippen LogP contribution in [0.1, 0.15) is 42.5 Å². The summed E-state index contributed by atoms with van der Waals surface area (Å²) in [4.78, 5) is 19.1. The van der Waals surface area contributed by atoms with E-state index < -0.39 is 0 Å². The van der Waals surface area contributed by atoms with Gasteiger partial charge in [0.2, 0.25) is 0 Å². The molecule has 0 unspecified atom stereocenters. The molecule has 1 aliphatic carbocycles. The van der Waals surface area contributed by atoms with Crippen molar-refractivity contribution in [3.05, 3.63) is 22.8 Å². The Morgan fingerprint density at radius 2 is 1.95 bits per heavy atom. The van der Waals surface area contributed by atoms with Gasteiger partial charge in [-0.25, -0.2) is 4.98 Å². The number of rotatable bonds is 3. The van der Waals surface area contributed by atoms with Crippen LogP contribution in [0.25, 0.3) is 0 Å². The zero-order valence-electron chi connectivity index (χ0n) is 12.7. The molecule has 1 aromatic rings. The summed E-state index contributed by atoms with van der Waals surface area (Å²) >= 11 is 6.03. The first kappa shape index (κ1) is 15.6. The molecule has 6 heteroatoms. The van der Waals surface area contributed by atoms with E-state index in [2.05, 4.69) is 15.2 Å². The van der Waals surface area contributed by atoms with E-state index in [1.165, 1.54) is 19.3 Å². The van der Waals surface area contributed by atoms with E-state index in [1.54, 1.807) is 12.1 Å². The van der Waals surface area contributed by atoms with E-state index in [1.807, 2.05) is 0 Å². The summed E-state index contributed by atoms with van der Waals surface area (Å²) in [6, 6.07) is 3.74. The summed E-state index contributed by atoms with van der Waals surface area (Å²) < 4.78 is 5.37. The lowest BCUT2D eigenvalue weighted by Crippen LogP contribution is -2.40. The smallest absolute Gasteiger partial charge is 0.255 e. The molecule has 22 heavy (non-hydrogen) atoms. The Bertz CT molecular complexity index is 526. The first-order valence-electron chi connectivity index (χ1n) is 8.04. The number of ether oxygens (including phenoxy) is 1. The summed E-state index contributed by atoms with van der Waals surface area (Å²) in [5.74, 6) is 0.627. The lowest BCUT2D eigenvalue weighted by atomic mass is 9.95. The standard InChI is InChI=1S/C16H22ClN3O2/c17-14-7-6-13(15(19-14)20-8-10-22-11-9-20)16(21)18-12-4-2-1-3-5-12/h6-7,12H,1-5,8-11H2,(H,18,21). The summed E-state index contributed by atoms with van der Waals surface area (Å²) in [7, 11) is 0. The molecule has 1 N–H and O–H groups in total. The first-order chi connectivity index (χ1) is 10.7. The number of hydrogen-bond donors (Lipinski definition) is 1. The van der Waals surface area contributed by atoms with Crippen LogP contribution in [0, 0.1) is 0 Å². The van der Waals surface area contributed by atoms with Gasteiger partial charge in [-0.3, -0.25) is 4.79 Å². The van der Waals surface area contributed by atoms with Crippen LogP contribution in [0.3, 0.4) is 0 Å². The first-order valence-corrected chi connectivity index (χ1v) is 8.42. The van der Waals surface area contributed by atoms with Crippen LogP contribution in [-0.4, -0.2) is 43.2 Å². The van der Waals surface area contributed by atoms with Crippen molar-refractivity contribution >= 4 is 23.3 Å². The van der Waals surface area contributed by atoms with Crippen molar-refractivity contribution in [3.63, 3.8) is 0 Å². The predicted octanol–water partition coefficient (Wildman–Crippen LogP) is 2.63. The Morgan fingerprint density at radius 1 is 1.23 bits per heavy atom. The molecule has 2 heterocycles. The van der Waals surface area contributed by atoms with Gasteiger partial charge in [0.05, 0.1) is 18.8 Å². The molecule has 2 fully saturated rings. The highest BCUT2D eigenvalue weighted by Crippen LogP contribution is 2.23. The lowest BCUT2D eigenvalue weighted by Gasteiger charge is -2.30. The topological polar surface area (TPSA) is 54.5 Å². The Hall–Kier alpha value is -1.33. The predicted molar refractivity (Wildman–Crippen MR) is 86.6 cm³/mol. The molecule has 2 aliphatic rings. The summed E-state index contributed by atoms with van der Waals surface area (Å²) in [5.41, 5.74) is 0.608. The van der Waals surface area contributed by atoms with Crippen LogP contribution >= 0.6 is 11.6 Å². The third-order valence-corrected chi connectivity index (χ3v) is 4.55. The van der Waals surface area contributed by atoms with Crippen LogP contribution in [0.2, 0.25) is 5.15 Å². The molecule has 3 rings (SSSR count). The number of carbonyl (C=O) groups is 1. The maximum absolute atomic E-state index is 12.6. The van der Waals surface area contributed by atoms with Gasteiger partial charge in [0.1, 0.15) is 11.0 Å². The van der Waals surface area contributed by atoms with Gasteiger partial charge < -0.3 is 15.0 Å². The van der Waals surface area contributed by atoms with E-state index in [4.69, 9.17) is 16.3 Å². The van der Waals surface area contributed by atoms with Gasteiger partial charge in [-0.2, -0.15) is 0 Å². The normalized spacial score (nSPS) is 20.0. The van der Waals surface area contributed by atoms with Gasteiger partial charge in [0.15, 0.2) is 0 Å². The van der Waals surface area contributed by atoms with Crippen LogP contribution in [0.15, 0.2) is 12.1 Å². The zero-order valence-corrected chi connectivity index (χ0v) is 13.4. The van der Waals surface area contributed by atoms with Gasteiger partial charge in [-0.1, -0.05) is 30.9 Å². The Kier molecular flexibility index (Phi) is 5.16. The molecule has 0 atom stereocenters. The van der Waals surface area contributed by atoms with E-state index in [0.717, 1.165) is 25.9 Å². The molecule has 1 amide bonds. The SMILES string of the molecule is O=C(NC1CCCCC1)c1ccc(Cl)nc1N1CCOCC1. The summed E-state index contributed by atoms with van der Waals surface area (Å²) in [6.07, 6.45) is 5.80. The lowest BCUT2D eigenvalue weighted by molar-refractivity contribution is 0.0926. The molecule has 5 nitrogen and oxygen atoms in total. The Labute approximate surface area is 136 Å². The van der Waals surface area contributed by atoms with E-state index in [0.29, 0.717) is 29.7 Å². The van der Waals surface area contributed by atoms with Crippen LogP contribution in [0.4, 0.5) is 5.82 Å². The Balaban J connectivity index is 1.77. The number of halogens is 1. The van der Waals surface area contributed by atoms with E-state index >= 15 is 0 Å². The van der Waals surface area contributed by atoms with Crippen molar-refractivity contribution in [1.82, 2.24) is 10.3 Å². The third-order valence-electron chi connectivity index (χ3n) is 4.34. The van der Waals surface area contributed by atoms with Gasteiger partial charge in [0, 0.05) is 19.1 Å². The van der Waals surface area contributed by atoms with Crippen LogP contribution in [0.5, 0.6) is 0 Å². The summed E-state index contributed by atoms with van der Waals surface area (Å²) in [6.45, 7) is 2.77. The van der Waals surface area contributed by atoms with Crippen molar-refractivity contribution < 1.29 is 9.53 Å². The molecule has 0 spiro atoms. The molecular weight excluding hydrogens is 302 g/mol. The molecule has 1 saturated carbocycles. The van der Waals surface area contributed by atoms with Gasteiger partial charge in [-0.05, 0) is 25.0 Å². The second-order valence-corrected chi connectivity index (χ2v) is 6.30. The number of morpholine rings is 1. The molecular formula is C16H22ClN3O2. The minimum absolute atomic E-state index is 0.0439. The monoisotopic (exact) mass is 323 g/mol. The zero-order chi connectivity index (χ0) is 15.4. The van der Waals surface area contributed by atoms with Crippen molar-refractivity contribution in [2.24, 2.45) is 0 Å². The molecule has 0 aromatic carbocycles. The molecule has 1 aromatic heterocycles. The van der Waals surface area contributed by atoms with Crippen LogP contribution < -0.4 is 10.2 Å². The number of hydrogen-bond acceptors (Lipinski definition) is 4.